The molecule has 0 unspecified atom stereocenters. The number of benzene rings is 2. The summed E-state index contributed by atoms with van der Waals surface area (Å²) in [4.78, 5) is 16.3. The monoisotopic (exact) mass is 389 g/mol. The SMILES string of the molecule is O=C(O/N=C\c1ccc(OCc2ccc(Cl)cc2Cl)cc1)c1ccco1. The minimum Gasteiger partial charge on any atom is -0.489 e. The number of furan rings is 1. The number of hydrogen-bond acceptors (Lipinski definition) is 5. The minimum absolute atomic E-state index is 0.0896. The lowest BCUT2D eigenvalue weighted by Gasteiger charge is -2.08. The van der Waals surface area contributed by atoms with Crippen LogP contribution in [0.2, 0.25) is 10.0 Å². The van der Waals surface area contributed by atoms with E-state index in [2.05, 4.69) is 5.16 Å². The van der Waals surface area contributed by atoms with Gasteiger partial charge in [-0.25, -0.2) is 4.79 Å². The van der Waals surface area contributed by atoms with Crippen LogP contribution in [0.1, 0.15) is 21.7 Å². The van der Waals surface area contributed by atoms with Crippen LogP contribution in [0.25, 0.3) is 0 Å². The van der Waals surface area contributed by atoms with Gasteiger partial charge in [-0.3, -0.25) is 0 Å². The summed E-state index contributed by atoms with van der Waals surface area (Å²) < 4.78 is 10.6. The van der Waals surface area contributed by atoms with Gasteiger partial charge in [0.1, 0.15) is 12.4 Å². The van der Waals surface area contributed by atoms with E-state index in [-0.39, 0.29) is 5.76 Å². The summed E-state index contributed by atoms with van der Waals surface area (Å²) in [6.45, 7) is 0.324. The van der Waals surface area contributed by atoms with Crippen LogP contribution >= 0.6 is 23.2 Å². The first kappa shape index (κ1) is 18.0. The molecule has 0 aliphatic rings. The molecule has 0 bridgehead atoms. The van der Waals surface area contributed by atoms with Gasteiger partial charge >= 0.3 is 5.97 Å². The molecule has 7 heteroatoms. The zero-order chi connectivity index (χ0) is 18.4. The first-order chi connectivity index (χ1) is 12.6. The van der Waals surface area contributed by atoms with Gasteiger partial charge in [0.15, 0.2) is 0 Å². The molecule has 1 aromatic heterocycles. The van der Waals surface area contributed by atoms with Crippen molar-refractivity contribution in [3.05, 3.63) is 87.8 Å². The van der Waals surface area contributed by atoms with Gasteiger partial charge in [-0.05, 0) is 54.1 Å². The van der Waals surface area contributed by atoms with Gasteiger partial charge in [0, 0.05) is 15.6 Å². The maximum atomic E-state index is 11.5. The van der Waals surface area contributed by atoms with Gasteiger partial charge in [0.2, 0.25) is 5.76 Å². The van der Waals surface area contributed by atoms with E-state index in [4.69, 9.17) is 37.2 Å². The molecular formula is C19H13Cl2NO4. The lowest BCUT2D eigenvalue weighted by molar-refractivity contribution is 0.0483. The molecule has 0 spiro atoms. The van der Waals surface area contributed by atoms with E-state index in [1.54, 1.807) is 42.5 Å². The average molecular weight is 390 g/mol. The number of hydrogen-bond donors (Lipinski definition) is 0. The Bertz CT molecular complexity index is 906. The predicted molar refractivity (Wildman–Crippen MR) is 99.0 cm³/mol. The molecule has 0 amide bonds. The van der Waals surface area contributed by atoms with E-state index in [1.807, 2.05) is 6.07 Å². The molecule has 0 saturated heterocycles. The second-order valence-electron chi connectivity index (χ2n) is 5.18. The average Bonchev–Trinajstić information content (AvgIpc) is 3.17. The van der Waals surface area contributed by atoms with Crippen molar-refractivity contribution in [3.8, 4) is 5.75 Å². The van der Waals surface area contributed by atoms with E-state index in [0.29, 0.717) is 22.4 Å². The van der Waals surface area contributed by atoms with Crippen molar-refractivity contribution >= 4 is 35.4 Å². The van der Waals surface area contributed by atoms with Crippen LogP contribution in [0.5, 0.6) is 5.75 Å². The summed E-state index contributed by atoms with van der Waals surface area (Å²) in [5, 5.41) is 4.77. The summed E-state index contributed by atoms with van der Waals surface area (Å²) in [5.74, 6) is 0.0959. The molecule has 0 atom stereocenters. The number of carbonyl (C=O) groups excluding carboxylic acids is 1. The highest BCUT2D eigenvalue weighted by Gasteiger charge is 2.09. The number of oxime groups is 1. The summed E-state index contributed by atoms with van der Waals surface area (Å²) >= 11 is 12.0. The molecular weight excluding hydrogens is 377 g/mol. The van der Waals surface area contributed by atoms with E-state index in [1.165, 1.54) is 18.5 Å². The Labute approximate surface area is 159 Å². The fraction of sp³-hybridized carbons (Fsp3) is 0.0526. The van der Waals surface area contributed by atoms with Crippen molar-refractivity contribution in [3.63, 3.8) is 0 Å². The van der Waals surface area contributed by atoms with Crippen LogP contribution in [0.15, 0.2) is 70.4 Å². The van der Waals surface area contributed by atoms with Crippen molar-refractivity contribution < 1.29 is 18.8 Å². The van der Waals surface area contributed by atoms with Crippen LogP contribution in [0, 0.1) is 0 Å². The lowest BCUT2D eigenvalue weighted by atomic mass is 10.2. The van der Waals surface area contributed by atoms with Crippen molar-refractivity contribution in [1.29, 1.82) is 0 Å². The molecule has 0 fully saturated rings. The number of carbonyl (C=O) groups is 1. The number of ether oxygens (including phenoxy) is 1. The number of nitrogens with zero attached hydrogens (tertiary/aromatic N) is 1. The fourth-order valence-corrected chi connectivity index (χ4v) is 2.49. The van der Waals surface area contributed by atoms with Crippen LogP contribution < -0.4 is 4.74 Å². The van der Waals surface area contributed by atoms with Gasteiger partial charge in [-0.15, -0.1) is 0 Å². The highest BCUT2D eigenvalue weighted by molar-refractivity contribution is 6.35. The van der Waals surface area contributed by atoms with Gasteiger partial charge in [-0.1, -0.05) is 34.4 Å². The van der Waals surface area contributed by atoms with Crippen LogP contribution in [0.4, 0.5) is 0 Å². The first-order valence-corrected chi connectivity index (χ1v) is 8.32. The molecule has 3 rings (SSSR count). The van der Waals surface area contributed by atoms with Gasteiger partial charge in [0.25, 0.3) is 0 Å². The third-order valence-electron chi connectivity index (χ3n) is 3.35. The van der Waals surface area contributed by atoms with E-state index in [9.17, 15) is 4.79 Å². The lowest BCUT2D eigenvalue weighted by Crippen LogP contribution is -1.99. The normalized spacial score (nSPS) is 10.8. The highest BCUT2D eigenvalue weighted by Crippen LogP contribution is 2.22. The largest absolute Gasteiger partial charge is 0.489 e. The van der Waals surface area contributed by atoms with Gasteiger partial charge < -0.3 is 14.0 Å². The maximum absolute atomic E-state index is 11.5. The molecule has 0 aliphatic carbocycles. The molecule has 0 aliphatic heterocycles. The van der Waals surface area contributed by atoms with Crippen molar-refractivity contribution in [1.82, 2.24) is 0 Å². The smallest absolute Gasteiger partial charge is 0.400 e. The number of rotatable bonds is 6. The molecule has 5 nitrogen and oxygen atoms in total. The minimum atomic E-state index is -0.661. The Morgan fingerprint density at radius 3 is 2.62 bits per heavy atom. The zero-order valence-corrected chi connectivity index (χ0v) is 14.9. The standard InChI is InChI=1S/C19H13Cl2NO4/c20-15-6-5-14(17(21)10-15)12-25-16-7-3-13(4-8-16)11-22-26-19(23)18-2-1-9-24-18/h1-11H,12H2/b22-11-. The Morgan fingerprint density at radius 2 is 1.92 bits per heavy atom. The van der Waals surface area contributed by atoms with Crippen LogP contribution in [0.3, 0.4) is 0 Å². The Balaban J connectivity index is 1.53. The molecule has 1 heterocycles. The third-order valence-corrected chi connectivity index (χ3v) is 3.94. The second kappa shape index (κ2) is 8.56. The Hall–Kier alpha value is -2.76. The molecule has 0 radical (unpaired) electrons. The molecule has 26 heavy (non-hydrogen) atoms. The quantitative estimate of drug-likeness (QED) is 0.323. The fourth-order valence-electron chi connectivity index (χ4n) is 2.02. The molecule has 0 N–H and O–H groups in total. The van der Waals surface area contributed by atoms with Crippen molar-refractivity contribution in [2.45, 2.75) is 6.61 Å². The third kappa shape index (κ3) is 4.88. The summed E-state index contributed by atoms with van der Waals surface area (Å²) in [5.41, 5.74) is 1.58. The van der Waals surface area contributed by atoms with Crippen molar-refractivity contribution in [2.24, 2.45) is 5.16 Å². The van der Waals surface area contributed by atoms with Crippen LogP contribution in [-0.2, 0) is 11.4 Å². The Kier molecular flexibility index (Phi) is 5.94. The van der Waals surface area contributed by atoms with Gasteiger partial charge in [0.05, 0.1) is 12.5 Å². The summed E-state index contributed by atoms with van der Waals surface area (Å²) in [6, 6.07) is 15.5. The molecule has 3 aromatic rings. The topological polar surface area (TPSA) is 61.0 Å². The van der Waals surface area contributed by atoms with Crippen LogP contribution in [-0.4, -0.2) is 12.2 Å². The second-order valence-corrected chi connectivity index (χ2v) is 6.03. The highest BCUT2D eigenvalue weighted by atomic mass is 35.5. The summed E-state index contributed by atoms with van der Waals surface area (Å²) in [7, 11) is 0. The first-order valence-electron chi connectivity index (χ1n) is 7.57. The number of halogens is 2. The molecule has 132 valence electrons. The van der Waals surface area contributed by atoms with E-state index >= 15 is 0 Å². The molecule has 2 aromatic carbocycles. The predicted octanol–water partition coefficient (Wildman–Crippen LogP) is 5.36. The zero-order valence-electron chi connectivity index (χ0n) is 13.4. The molecule has 0 saturated carbocycles. The van der Waals surface area contributed by atoms with E-state index < -0.39 is 5.97 Å². The summed E-state index contributed by atoms with van der Waals surface area (Å²) in [6.07, 6.45) is 2.80. The maximum Gasteiger partial charge on any atom is 0.400 e. The Morgan fingerprint density at radius 1 is 1.12 bits per heavy atom. The van der Waals surface area contributed by atoms with Crippen molar-refractivity contribution in [2.75, 3.05) is 0 Å². The van der Waals surface area contributed by atoms with Gasteiger partial charge in [-0.2, -0.15) is 0 Å². The van der Waals surface area contributed by atoms with E-state index in [0.717, 1.165) is 11.1 Å².